The third-order valence-corrected chi connectivity index (χ3v) is 3.83. The fourth-order valence-corrected chi connectivity index (χ4v) is 2.65. The molecule has 0 bridgehead atoms. The minimum absolute atomic E-state index is 0.0307. The van der Waals surface area contributed by atoms with Crippen molar-refractivity contribution in [3.05, 3.63) is 29.6 Å². The van der Waals surface area contributed by atoms with E-state index in [-0.39, 0.29) is 4.90 Å². The first-order valence-electron chi connectivity index (χ1n) is 3.79. The molecule has 0 spiro atoms. The summed E-state index contributed by atoms with van der Waals surface area (Å²) in [5, 5.41) is 0.365. The quantitative estimate of drug-likeness (QED) is 0.856. The monoisotopic (exact) mass is 281 g/mol. The zero-order valence-corrected chi connectivity index (χ0v) is 9.82. The van der Waals surface area contributed by atoms with Gasteiger partial charge in [0.2, 0.25) is 10.0 Å². The molecule has 78 valence electrons. The zero-order chi connectivity index (χ0) is 10.8. The molecule has 6 heteroatoms. The highest BCUT2D eigenvalue weighted by Gasteiger charge is 2.16. The van der Waals surface area contributed by atoms with Crippen LogP contribution in [0, 0.1) is 5.82 Å². The first-order chi connectivity index (χ1) is 6.51. The van der Waals surface area contributed by atoms with Gasteiger partial charge in [0.1, 0.15) is 5.82 Å². The maximum absolute atomic E-state index is 12.8. The number of alkyl halides is 1. The number of benzene rings is 1. The molecule has 0 amide bonds. The summed E-state index contributed by atoms with van der Waals surface area (Å²) in [6.07, 6.45) is 0. The van der Waals surface area contributed by atoms with Gasteiger partial charge in [-0.05, 0) is 24.7 Å². The van der Waals surface area contributed by atoms with E-state index in [1.54, 1.807) is 0 Å². The molecule has 0 aliphatic heterocycles. The molecule has 0 aliphatic carbocycles. The summed E-state index contributed by atoms with van der Waals surface area (Å²) in [5.74, 6) is -0.566. The van der Waals surface area contributed by atoms with E-state index < -0.39 is 15.8 Å². The Morgan fingerprint density at radius 2 is 2.14 bits per heavy atom. The number of hydrogen-bond acceptors (Lipinski definition) is 2. The predicted octanol–water partition coefficient (Wildman–Crippen LogP) is 1.63. The molecule has 0 atom stereocenters. The van der Waals surface area contributed by atoms with Crippen LogP contribution in [0.4, 0.5) is 4.39 Å². The van der Waals surface area contributed by atoms with Gasteiger partial charge in [-0.2, -0.15) is 0 Å². The predicted molar refractivity (Wildman–Crippen MR) is 55.3 cm³/mol. The van der Waals surface area contributed by atoms with E-state index in [1.807, 2.05) is 0 Å². The summed E-state index contributed by atoms with van der Waals surface area (Å²) >= 11 is 3.14. The SMILES string of the molecule is CNS(=O)(=O)c1cc(F)ccc1CBr. The Morgan fingerprint density at radius 3 is 2.64 bits per heavy atom. The second kappa shape index (κ2) is 4.37. The van der Waals surface area contributed by atoms with Gasteiger partial charge in [-0.3, -0.25) is 0 Å². The van der Waals surface area contributed by atoms with Crippen molar-refractivity contribution in [3.63, 3.8) is 0 Å². The van der Waals surface area contributed by atoms with E-state index in [4.69, 9.17) is 0 Å². The van der Waals surface area contributed by atoms with Gasteiger partial charge in [-0.1, -0.05) is 22.0 Å². The topological polar surface area (TPSA) is 46.2 Å². The maximum atomic E-state index is 12.8. The lowest BCUT2D eigenvalue weighted by Gasteiger charge is -2.07. The van der Waals surface area contributed by atoms with Crippen molar-refractivity contribution in [3.8, 4) is 0 Å². The second-order valence-corrected chi connectivity index (χ2v) is 5.01. The Morgan fingerprint density at radius 1 is 1.50 bits per heavy atom. The molecule has 1 N–H and O–H groups in total. The molecule has 0 aliphatic rings. The summed E-state index contributed by atoms with van der Waals surface area (Å²) < 4.78 is 37.9. The first-order valence-corrected chi connectivity index (χ1v) is 6.39. The molecular formula is C8H9BrFNO2S. The Hall–Kier alpha value is -0.460. The van der Waals surface area contributed by atoms with Crippen LogP contribution in [0.2, 0.25) is 0 Å². The van der Waals surface area contributed by atoms with E-state index in [9.17, 15) is 12.8 Å². The van der Waals surface area contributed by atoms with Crippen molar-refractivity contribution in [1.29, 1.82) is 0 Å². The third kappa shape index (κ3) is 2.31. The van der Waals surface area contributed by atoms with Gasteiger partial charge in [0.05, 0.1) is 4.90 Å². The van der Waals surface area contributed by atoms with Crippen LogP contribution in [0.15, 0.2) is 23.1 Å². The van der Waals surface area contributed by atoms with Crippen LogP contribution < -0.4 is 4.72 Å². The van der Waals surface area contributed by atoms with Crippen molar-refractivity contribution < 1.29 is 12.8 Å². The third-order valence-electron chi connectivity index (χ3n) is 1.73. The molecule has 0 heterocycles. The Bertz CT molecular complexity index is 433. The van der Waals surface area contributed by atoms with Crippen molar-refractivity contribution in [2.24, 2.45) is 0 Å². The minimum atomic E-state index is -3.58. The lowest BCUT2D eigenvalue weighted by molar-refractivity contribution is 0.582. The zero-order valence-electron chi connectivity index (χ0n) is 7.42. The summed E-state index contributed by atoms with van der Waals surface area (Å²) in [5.41, 5.74) is 0.528. The molecule has 0 aromatic heterocycles. The smallest absolute Gasteiger partial charge is 0.214 e. The molecule has 14 heavy (non-hydrogen) atoms. The van der Waals surface area contributed by atoms with Gasteiger partial charge in [0.25, 0.3) is 0 Å². The largest absolute Gasteiger partial charge is 0.240 e. The van der Waals surface area contributed by atoms with Gasteiger partial charge in [0, 0.05) is 5.33 Å². The summed E-state index contributed by atoms with van der Waals surface area (Å²) in [4.78, 5) is -0.0307. The van der Waals surface area contributed by atoms with Crippen molar-refractivity contribution >= 4 is 26.0 Å². The molecule has 0 fully saturated rings. The van der Waals surface area contributed by atoms with Crippen LogP contribution in [-0.2, 0) is 15.4 Å². The highest BCUT2D eigenvalue weighted by Crippen LogP contribution is 2.19. The Kier molecular flexibility index (Phi) is 3.63. The molecule has 1 aromatic carbocycles. The number of rotatable bonds is 3. The van der Waals surface area contributed by atoms with Gasteiger partial charge < -0.3 is 0 Å². The normalized spacial score (nSPS) is 11.6. The van der Waals surface area contributed by atoms with Crippen LogP contribution in [0.3, 0.4) is 0 Å². The van der Waals surface area contributed by atoms with Crippen molar-refractivity contribution in [1.82, 2.24) is 4.72 Å². The molecule has 0 unspecified atom stereocenters. The molecule has 0 radical (unpaired) electrons. The lowest BCUT2D eigenvalue weighted by Crippen LogP contribution is -2.20. The second-order valence-electron chi connectivity index (χ2n) is 2.59. The van der Waals surface area contributed by atoms with Crippen LogP contribution in [0.5, 0.6) is 0 Å². The van der Waals surface area contributed by atoms with Gasteiger partial charge in [-0.15, -0.1) is 0 Å². The van der Waals surface area contributed by atoms with Crippen molar-refractivity contribution in [2.45, 2.75) is 10.2 Å². The van der Waals surface area contributed by atoms with Gasteiger partial charge in [-0.25, -0.2) is 17.5 Å². The Labute approximate surface area is 90.5 Å². The molecule has 1 rings (SSSR count). The van der Waals surface area contributed by atoms with Gasteiger partial charge >= 0.3 is 0 Å². The van der Waals surface area contributed by atoms with Crippen LogP contribution in [-0.4, -0.2) is 15.5 Å². The maximum Gasteiger partial charge on any atom is 0.240 e. The fraction of sp³-hybridized carbons (Fsp3) is 0.250. The standard InChI is InChI=1S/C8H9BrFNO2S/c1-11-14(12,13)8-4-7(10)3-2-6(8)5-9/h2-4,11H,5H2,1H3. The van der Waals surface area contributed by atoms with Crippen LogP contribution in [0.1, 0.15) is 5.56 Å². The highest BCUT2D eigenvalue weighted by molar-refractivity contribution is 9.08. The van der Waals surface area contributed by atoms with Crippen LogP contribution >= 0.6 is 15.9 Å². The molecule has 1 aromatic rings. The van der Waals surface area contributed by atoms with Crippen LogP contribution in [0.25, 0.3) is 0 Å². The average Bonchev–Trinajstić information content (AvgIpc) is 2.18. The molecular weight excluding hydrogens is 273 g/mol. The van der Waals surface area contributed by atoms with E-state index in [0.29, 0.717) is 10.9 Å². The summed E-state index contributed by atoms with van der Waals surface area (Å²) in [7, 11) is -2.29. The molecule has 0 saturated heterocycles. The molecule has 0 saturated carbocycles. The summed E-state index contributed by atoms with van der Waals surface area (Å²) in [6, 6.07) is 3.67. The summed E-state index contributed by atoms with van der Waals surface area (Å²) in [6.45, 7) is 0. The number of hydrogen-bond donors (Lipinski definition) is 1. The lowest BCUT2D eigenvalue weighted by atomic mass is 10.2. The fourth-order valence-electron chi connectivity index (χ4n) is 0.999. The number of nitrogens with one attached hydrogen (secondary N) is 1. The minimum Gasteiger partial charge on any atom is -0.214 e. The van der Waals surface area contributed by atoms with E-state index in [0.717, 1.165) is 6.07 Å². The number of sulfonamides is 1. The van der Waals surface area contributed by atoms with E-state index in [2.05, 4.69) is 20.7 Å². The molecule has 3 nitrogen and oxygen atoms in total. The van der Waals surface area contributed by atoms with E-state index >= 15 is 0 Å². The highest BCUT2D eigenvalue weighted by atomic mass is 79.9. The number of halogens is 2. The average molecular weight is 282 g/mol. The van der Waals surface area contributed by atoms with E-state index in [1.165, 1.54) is 19.2 Å². The first kappa shape index (κ1) is 11.6. The van der Waals surface area contributed by atoms with Crippen molar-refractivity contribution in [2.75, 3.05) is 7.05 Å². The Balaban J connectivity index is 3.39. The van der Waals surface area contributed by atoms with Gasteiger partial charge in [0.15, 0.2) is 0 Å².